The van der Waals surface area contributed by atoms with E-state index in [1.165, 1.54) is 0 Å². The first-order valence-electron chi connectivity index (χ1n) is 5.21. The first-order valence-corrected chi connectivity index (χ1v) is 7.03. The molecule has 1 N–H and O–H groups in total. The lowest BCUT2D eigenvalue weighted by Gasteiger charge is -2.18. The summed E-state index contributed by atoms with van der Waals surface area (Å²) in [6, 6.07) is 0. The zero-order chi connectivity index (χ0) is 12.5. The Morgan fingerprint density at radius 2 is 2.24 bits per heavy atom. The van der Waals surface area contributed by atoms with Crippen LogP contribution in [-0.2, 0) is 21.1 Å². The van der Waals surface area contributed by atoms with Gasteiger partial charge in [0.1, 0.15) is 6.42 Å². The standard InChI is InChI=1S/C9H12N2O5S/c12-8(13)4-7-10-11-9(16-7)6-2-1-3-17(14,15)5-6/h6H,1-5H2,(H,12,13). The van der Waals surface area contributed by atoms with Crippen molar-refractivity contribution in [2.45, 2.75) is 25.2 Å². The fourth-order valence-corrected chi connectivity index (χ4v) is 3.55. The maximum Gasteiger partial charge on any atom is 0.312 e. The molecule has 0 saturated carbocycles. The zero-order valence-corrected chi connectivity index (χ0v) is 9.81. The van der Waals surface area contributed by atoms with E-state index in [-0.39, 0.29) is 35.6 Å². The molecule has 0 bridgehead atoms. The molecule has 8 heteroatoms. The van der Waals surface area contributed by atoms with Crippen molar-refractivity contribution >= 4 is 15.8 Å². The normalized spacial score (nSPS) is 23.4. The Bertz CT molecular complexity index is 521. The van der Waals surface area contributed by atoms with Crippen LogP contribution >= 0.6 is 0 Å². The van der Waals surface area contributed by atoms with E-state index < -0.39 is 15.8 Å². The third kappa shape index (κ3) is 3.02. The SMILES string of the molecule is O=C(O)Cc1nnc(C2CCCS(=O)(=O)C2)o1. The molecule has 1 aromatic rings. The van der Waals surface area contributed by atoms with E-state index in [0.717, 1.165) is 0 Å². The summed E-state index contributed by atoms with van der Waals surface area (Å²) < 4.78 is 28.0. The molecule has 1 aromatic heterocycles. The summed E-state index contributed by atoms with van der Waals surface area (Å²) in [6.45, 7) is 0. The van der Waals surface area contributed by atoms with Gasteiger partial charge in [0.15, 0.2) is 9.84 Å². The predicted molar refractivity (Wildman–Crippen MR) is 56.3 cm³/mol. The van der Waals surface area contributed by atoms with Gasteiger partial charge in [0.05, 0.1) is 17.4 Å². The number of carboxylic acid groups (broad SMARTS) is 1. The monoisotopic (exact) mass is 260 g/mol. The molecule has 1 fully saturated rings. The lowest BCUT2D eigenvalue weighted by molar-refractivity contribution is -0.136. The van der Waals surface area contributed by atoms with Crippen LogP contribution in [0.1, 0.15) is 30.5 Å². The summed E-state index contributed by atoms with van der Waals surface area (Å²) in [5.41, 5.74) is 0. The van der Waals surface area contributed by atoms with Gasteiger partial charge in [-0.05, 0) is 12.8 Å². The number of rotatable bonds is 3. The summed E-state index contributed by atoms with van der Waals surface area (Å²) in [7, 11) is -3.04. The van der Waals surface area contributed by atoms with Crippen molar-refractivity contribution < 1.29 is 22.7 Å². The Morgan fingerprint density at radius 3 is 2.88 bits per heavy atom. The molecule has 1 atom stereocenters. The second-order valence-electron chi connectivity index (χ2n) is 4.06. The summed E-state index contributed by atoms with van der Waals surface area (Å²) in [5.74, 6) is -0.929. The third-order valence-electron chi connectivity index (χ3n) is 2.60. The van der Waals surface area contributed by atoms with Gasteiger partial charge >= 0.3 is 5.97 Å². The molecule has 1 saturated heterocycles. The van der Waals surface area contributed by atoms with Gasteiger partial charge in [0.2, 0.25) is 11.8 Å². The Labute approximate surface area is 97.8 Å². The van der Waals surface area contributed by atoms with Gasteiger partial charge in [-0.2, -0.15) is 0 Å². The lowest BCUT2D eigenvalue weighted by atomic mass is 10.1. The van der Waals surface area contributed by atoms with Crippen molar-refractivity contribution in [1.29, 1.82) is 0 Å². The van der Waals surface area contributed by atoms with Crippen LogP contribution in [-0.4, -0.2) is 41.2 Å². The van der Waals surface area contributed by atoms with E-state index >= 15 is 0 Å². The number of aliphatic carboxylic acids is 1. The highest BCUT2D eigenvalue weighted by atomic mass is 32.2. The third-order valence-corrected chi connectivity index (χ3v) is 4.42. The van der Waals surface area contributed by atoms with Crippen LogP contribution < -0.4 is 0 Å². The number of hydrogen-bond donors (Lipinski definition) is 1. The average molecular weight is 260 g/mol. The Kier molecular flexibility index (Phi) is 3.14. The Balaban J connectivity index is 2.12. The molecule has 0 radical (unpaired) electrons. The van der Waals surface area contributed by atoms with Crippen LogP contribution in [0.2, 0.25) is 0 Å². The van der Waals surface area contributed by atoms with Gasteiger partial charge < -0.3 is 9.52 Å². The molecule has 2 rings (SSSR count). The van der Waals surface area contributed by atoms with Crippen LogP contribution in [0.4, 0.5) is 0 Å². The first kappa shape index (κ1) is 12.0. The quantitative estimate of drug-likeness (QED) is 0.813. The largest absolute Gasteiger partial charge is 0.481 e. The molecular formula is C9H12N2O5S. The van der Waals surface area contributed by atoms with E-state index in [9.17, 15) is 13.2 Å². The van der Waals surface area contributed by atoms with Gasteiger partial charge in [-0.15, -0.1) is 10.2 Å². The molecular weight excluding hydrogens is 248 g/mol. The number of aromatic nitrogens is 2. The highest BCUT2D eigenvalue weighted by Gasteiger charge is 2.29. The molecule has 0 spiro atoms. The molecule has 7 nitrogen and oxygen atoms in total. The summed E-state index contributed by atoms with van der Waals surface area (Å²) in [6.07, 6.45) is 0.907. The fraction of sp³-hybridized carbons (Fsp3) is 0.667. The molecule has 1 aliphatic heterocycles. The predicted octanol–water partition coefficient (Wildman–Crippen LogP) is -0.0111. The number of hydrogen-bond acceptors (Lipinski definition) is 6. The number of carbonyl (C=O) groups is 1. The van der Waals surface area contributed by atoms with Crippen molar-refractivity contribution in [3.05, 3.63) is 11.8 Å². The summed E-state index contributed by atoms with van der Waals surface area (Å²) >= 11 is 0. The van der Waals surface area contributed by atoms with Crippen LogP contribution in [0.15, 0.2) is 4.42 Å². The van der Waals surface area contributed by atoms with Gasteiger partial charge in [0, 0.05) is 0 Å². The van der Waals surface area contributed by atoms with Gasteiger partial charge in [-0.25, -0.2) is 8.42 Å². The number of sulfone groups is 1. The lowest BCUT2D eigenvalue weighted by Crippen LogP contribution is -2.23. The highest BCUT2D eigenvalue weighted by molar-refractivity contribution is 7.91. The second-order valence-corrected chi connectivity index (χ2v) is 6.29. The van der Waals surface area contributed by atoms with E-state index in [0.29, 0.717) is 12.8 Å². The highest BCUT2D eigenvalue weighted by Crippen LogP contribution is 2.27. The molecule has 0 amide bonds. The summed E-state index contributed by atoms with van der Waals surface area (Å²) in [5, 5.41) is 15.8. The van der Waals surface area contributed by atoms with Crippen LogP contribution in [0, 0.1) is 0 Å². The number of carboxylic acids is 1. The van der Waals surface area contributed by atoms with E-state index in [1.807, 2.05) is 0 Å². The second kappa shape index (κ2) is 4.44. The minimum Gasteiger partial charge on any atom is -0.481 e. The van der Waals surface area contributed by atoms with Crippen molar-refractivity contribution in [3.63, 3.8) is 0 Å². The number of nitrogens with zero attached hydrogens (tertiary/aromatic N) is 2. The fourth-order valence-electron chi connectivity index (χ4n) is 1.85. The first-order chi connectivity index (χ1) is 7.96. The van der Waals surface area contributed by atoms with Crippen molar-refractivity contribution in [3.8, 4) is 0 Å². The minimum atomic E-state index is -3.04. The molecule has 0 aliphatic carbocycles. The van der Waals surface area contributed by atoms with Crippen LogP contribution in [0.5, 0.6) is 0 Å². The Morgan fingerprint density at radius 1 is 1.47 bits per heavy atom. The van der Waals surface area contributed by atoms with E-state index in [2.05, 4.69) is 10.2 Å². The van der Waals surface area contributed by atoms with Gasteiger partial charge in [0.25, 0.3) is 0 Å². The van der Waals surface area contributed by atoms with Crippen molar-refractivity contribution in [2.24, 2.45) is 0 Å². The molecule has 1 unspecified atom stereocenters. The van der Waals surface area contributed by atoms with Gasteiger partial charge in [-0.3, -0.25) is 4.79 Å². The van der Waals surface area contributed by atoms with Crippen LogP contribution in [0.3, 0.4) is 0 Å². The molecule has 1 aliphatic rings. The summed E-state index contributed by atoms with van der Waals surface area (Å²) in [4.78, 5) is 10.4. The average Bonchev–Trinajstić information content (AvgIpc) is 2.63. The maximum atomic E-state index is 11.4. The maximum absolute atomic E-state index is 11.4. The Hall–Kier alpha value is -1.44. The van der Waals surface area contributed by atoms with Crippen LogP contribution in [0.25, 0.3) is 0 Å². The van der Waals surface area contributed by atoms with Gasteiger partial charge in [-0.1, -0.05) is 0 Å². The minimum absolute atomic E-state index is 0.00169. The molecule has 94 valence electrons. The van der Waals surface area contributed by atoms with E-state index in [1.54, 1.807) is 0 Å². The topological polar surface area (TPSA) is 110 Å². The van der Waals surface area contributed by atoms with E-state index in [4.69, 9.17) is 9.52 Å². The van der Waals surface area contributed by atoms with Crippen molar-refractivity contribution in [2.75, 3.05) is 11.5 Å². The molecule has 17 heavy (non-hydrogen) atoms. The molecule has 2 heterocycles. The van der Waals surface area contributed by atoms with Crippen molar-refractivity contribution in [1.82, 2.24) is 10.2 Å². The molecule has 0 aromatic carbocycles. The zero-order valence-electron chi connectivity index (χ0n) is 9.00. The smallest absolute Gasteiger partial charge is 0.312 e.